The van der Waals surface area contributed by atoms with E-state index in [0.717, 1.165) is 29.4 Å². The largest absolute Gasteiger partial charge is 0.465 e. The van der Waals surface area contributed by atoms with E-state index in [4.69, 9.17) is 10.5 Å². The van der Waals surface area contributed by atoms with E-state index in [1.54, 1.807) is 12.1 Å². The highest BCUT2D eigenvalue weighted by Gasteiger charge is 2.65. The van der Waals surface area contributed by atoms with Crippen LogP contribution in [0, 0.1) is 23.7 Å². The number of para-hydroxylation sites is 1. The SMILES string of the molecule is COC(=O)c1cccc(N)c1NC1C2C3CCC(C3)C12. The third-order valence-corrected chi connectivity index (χ3v) is 5.55. The molecule has 106 valence electrons. The average molecular weight is 272 g/mol. The lowest BCUT2D eigenvalue weighted by molar-refractivity contribution is 0.0602. The molecule has 2 bridgehead atoms. The van der Waals surface area contributed by atoms with Gasteiger partial charge in [0.25, 0.3) is 0 Å². The van der Waals surface area contributed by atoms with Crippen LogP contribution >= 0.6 is 0 Å². The van der Waals surface area contributed by atoms with Crippen molar-refractivity contribution in [2.24, 2.45) is 23.7 Å². The highest BCUT2D eigenvalue weighted by molar-refractivity contribution is 5.98. The molecule has 3 saturated carbocycles. The highest BCUT2D eigenvalue weighted by atomic mass is 16.5. The van der Waals surface area contributed by atoms with Crippen LogP contribution in [0.5, 0.6) is 0 Å². The van der Waals surface area contributed by atoms with Gasteiger partial charge in [-0.1, -0.05) is 6.07 Å². The van der Waals surface area contributed by atoms with Gasteiger partial charge >= 0.3 is 5.97 Å². The molecule has 4 unspecified atom stereocenters. The van der Waals surface area contributed by atoms with Crippen LogP contribution in [0.25, 0.3) is 0 Å². The van der Waals surface area contributed by atoms with Crippen LogP contribution in [0.15, 0.2) is 18.2 Å². The molecule has 0 radical (unpaired) electrons. The Balaban J connectivity index is 1.59. The number of nitrogen functional groups attached to an aromatic ring is 1. The van der Waals surface area contributed by atoms with E-state index < -0.39 is 0 Å². The number of benzene rings is 1. The number of esters is 1. The molecular weight excluding hydrogens is 252 g/mol. The fourth-order valence-corrected chi connectivity index (χ4v) is 4.70. The van der Waals surface area contributed by atoms with Crippen molar-refractivity contribution in [3.8, 4) is 0 Å². The molecule has 4 atom stereocenters. The van der Waals surface area contributed by atoms with E-state index in [1.807, 2.05) is 6.07 Å². The smallest absolute Gasteiger partial charge is 0.340 e. The maximum atomic E-state index is 11.9. The Morgan fingerprint density at radius 3 is 2.65 bits per heavy atom. The molecule has 4 rings (SSSR count). The second-order valence-electron chi connectivity index (χ2n) is 6.42. The average Bonchev–Trinajstić information content (AvgIpc) is 2.84. The van der Waals surface area contributed by atoms with E-state index in [1.165, 1.54) is 26.4 Å². The minimum atomic E-state index is -0.325. The Hall–Kier alpha value is -1.71. The van der Waals surface area contributed by atoms with Gasteiger partial charge in [0.2, 0.25) is 0 Å². The summed E-state index contributed by atoms with van der Waals surface area (Å²) in [4.78, 5) is 11.9. The molecule has 3 fully saturated rings. The number of rotatable bonds is 3. The van der Waals surface area contributed by atoms with Crippen LogP contribution in [0.2, 0.25) is 0 Å². The van der Waals surface area contributed by atoms with E-state index in [9.17, 15) is 4.79 Å². The summed E-state index contributed by atoms with van der Waals surface area (Å²) >= 11 is 0. The monoisotopic (exact) mass is 272 g/mol. The molecule has 4 nitrogen and oxygen atoms in total. The predicted octanol–water partition coefficient (Wildman–Crippen LogP) is 2.51. The van der Waals surface area contributed by atoms with Gasteiger partial charge in [0, 0.05) is 6.04 Å². The molecule has 0 aliphatic heterocycles. The summed E-state index contributed by atoms with van der Waals surface area (Å²) in [5.74, 6) is 3.08. The maximum absolute atomic E-state index is 11.9. The summed E-state index contributed by atoms with van der Waals surface area (Å²) in [6.45, 7) is 0. The minimum Gasteiger partial charge on any atom is -0.465 e. The molecule has 4 heteroatoms. The predicted molar refractivity (Wildman–Crippen MR) is 77.4 cm³/mol. The van der Waals surface area contributed by atoms with Gasteiger partial charge in [-0.25, -0.2) is 4.79 Å². The molecule has 20 heavy (non-hydrogen) atoms. The normalized spacial score (nSPS) is 36.5. The van der Waals surface area contributed by atoms with Crippen molar-refractivity contribution in [3.05, 3.63) is 23.8 Å². The number of fused-ring (bicyclic) bond motifs is 5. The summed E-state index contributed by atoms with van der Waals surface area (Å²) < 4.78 is 4.85. The summed E-state index contributed by atoms with van der Waals surface area (Å²) in [7, 11) is 1.40. The van der Waals surface area contributed by atoms with E-state index in [-0.39, 0.29) is 5.97 Å². The van der Waals surface area contributed by atoms with Crippen LogP contribution < -0.4 is 11.1 Å². The Morgan fingerprint density at radius 1 is 1.30 bits per heavy atom. The number of carbonyl (C=O) groups excluding carboxylic acids is 1. The van der Waals surface area contributed by atoms with Gasteiger partial charge < -0.3 is 15.8 Å². The molecule has 3 N–H and O–H groups in total. The number of nitrogens with two attached hydrogens (primary N) is 1. The molecule has 0 heterocycles. The van der Waals surface area contributed by atoms with Crippen molar-refractivity contribution in [1.82, 2.24) is 0 Å². The molecule has 3 aliphatic rings. The fourth-order valence-electron chi connectivity index (χ4n) is 4.70. The molecule has 0 aromatic heterocycles. The van der Waals surface area contributed by atoms with Crippen molar-refractivity contribution in [2.45, 2.75) is 25.3 Å². The fraction of sp³-hybridized carbons (Fsp3) is 0.562. The summed E-state index contributed by atoms with van der Waals surface area (Å²) in [6, 6.07) is 5.91. The van der Waals surface area contributed by atoms with E-state index >= 15 is 0 Å². The maximum Gasteiger partial charge on any atom is 0.340 e. The lowest BCUT2D eigenvalue weighted by Crippen LogP contribution is -2.17. The molecule has 3 aliphatic carbocycles. The molecule has 0 saturated heterocycles. The first kappa shape index (κ1) is 12.1. The Kier molecular flexibility index (Phi) is 2.50. The van der Waals surface area contributed by atoms with Crippen molar-refractivity contribution in [1.29, 1.82) is 0 Å². The van der Waals surface area contributed by atoms with Crippen LogP contribution in [0.3, 0.4) is 0 Å². The van der Waals surface area contributed by atoms with Crippen molar-refractivity contribution in [2.75, 3.05) is 18.2 Å². The summed E-state index contributed by atoms with van der Waals surface area (Å²) in [5.41, 5.74) is 7.99. The number of methoxy groups -OCH3 is 1. The molecule has 0 spiro atoms. The topological polar surface area (TPSA) is 64.3 Å². The van der Waals surface area contributed by atoms with Crippen LogP contribution in [0.1, 0.15) is 29.6 Å². The zero-order valence-corrected chi connectivity index (χ0v) is 11.6. The quantitative estimate of drug-likeness (QED) is 0.655. The van der Waals surface area contributed by atoms with Gasteiger partial charge in [0.05, 0.1) is 24.0 Å². The molecule has 1 aromatic carbocycles. The van der Waals surface area contributed by atoms with Crippen molar-refractivity contribution >= 4 is 17.3 Å². The van der Waals surface area contributed by atoms with Crippen LogP contribution in [-0.4, -0.2) is 19.1 Å². The Labute approximate surface area is 118 Å². The van der Waals surface area contributed by atoms with E-state index in [2.05, 4.69) is 5.32 Å². The number of carbonyl (C=O) groups is 1. The third-order valence-electron chi connectivity index (χ3n) is 5.55. The first-order valence-corrected chi connectivity index (χ1v) is 7.44. The lowest BCUT2D eigenvalue weighted by Gasteiger charge is -2.16. The Morgan fingerprint density at radius 2 is 2.00 bits per heavy atom. The molecule has 0 amide bonds. The molecular formula is C16H20N2O2. The third kappa shape index (κ3) is 1.57. The second kappa shape index (κ2) is 4.14. The first-order valence-electron chi connectivity index (χ1n) is 7.44. The van der Waals surface area contributed by atoms with Gasteiger partial charge in [-0.05, 0) is 55.1 Å². The van der Waals surface area contributed by atoms with Crippen molar-refractivity contribution in [3.63, 3.8) is 0 Å². The summed E-state index contributed by atoms with van der Waals surface area (Å²) in [5, 5.41) is 3.54. The number of anilines is 2. The van der Waals surface area contributed by atoms with Crippen molar-refractivity contribution < 1.29 is 9.53 Å². The summed E-state index contributed by atoms with van der Waals surface area (Å²) in [6.07, 6.45) is 4.19. The zero-order valence-electron chi connectivity index (χ0n) is 11.6. The van der Waals surface area contributed by atoms with E-state index in [0.29, 0.717) is 17.3 Å². The molecule has 1 aromatic rings. The number of hydrogen-bond donors (Lipinski definition) is 2. The second-order valence-corrected chi connectivity index (χ2v) is 6.42. The lowest BCUT2D eigenvalue weighted by atomic mass is 10.0. The van der Waals surface area contributed by atoms with Gasteiger partial charge in [-0.2, -0.15) is 0 Å². The number of ether oxygens (including phenoxy) is 1. The van der Waals surface area contributed by atoms with Crippen LogP contribution in [-0.2, 0) is 4.74 Å². The standard InChI is InChI=1S/C16H20N2O2/c1-20-16(19)10-3-2-4-11(17)14(10)18-15-12-8-5-6-9(7-8)13(12)15/h2-4,8-9,12-13,15,18H,5-7,17H2,1H3. The Bertz CT molecular complexity index is 556. The van der Waals surface area contributed by atoms with Gasteiger partial charge in [0.1, 0.15) is 0 Å². The van der Waals surface area contributed by atoms with Gasteiger partial charge in [-0.15, -0.1) is 0 Å². The first-order chi connectivity index (χ1) is 9.70. The zero-order chi connectivity index (χ0) is 13.9. The number of nitrogens with one attached hydrogen (secondary N) is 1. The van der Waals surface area contributed by atoms with Gasteiger partial charge in [-0.3, -0.25) is 0 Å². The van der Waals surface area contributed by atoms with Crippen LogP contribution in [0.4, 0.5) is 11.4 Å². The van der Waals surface area contributed by atoms with Gasteiger partial charge in [0.15, 0.2) is 0 Å². The minimum absolute atomic E-state index is 0.325. The highest BCUT2D eigenvalue weighted by Crippen LogP contribution is 2.66. The number of hydrogen-bond acceptors (Lipinski definition) is 4.